The van der Waals surface area contributed by atoms with E-state index in [9.17, 15) is 5.11 Å². The zero-order valence-electron chi connectivity index (χ0n) is 12.5. The Morgan fingerprint density at radius 3 is 2.00 bits per heavy atom. The van der Waals surface area contributed by atoms with Crippen LogP contribution in [-0.2, 0) is 0 Å². The van der Waals surface area contributed by atoms with Crippen molar-refractivity contribution in [2.24, 2.45) is 23.0 Å². The third-order valence-electron chi connectivity index (χ3n) is 4.63. The molecule has 0 spiro atoms. The van der Waals surface area contributed by atoms with E-state index in [1.165, 1.54) is 0 Å². The Balaban J connectivity index is 2.99. The maximum atomic E-state index is 11.0. The fraction of sp³-hybridized carbons (Fsp3) is 1.00. The summed E-state index contributed by atoms with van der Waals surface area (Å²) in [5, 5.41) is 11.0. The van der Waals surface area contributed by atoms with Crippen molar-refractivity contribution < 1.29 is 5.11 Å². The first-order valence-electron chi connectivity index (χ1n) is 7.04. The zero-order chi connectivity index (χ0) is 13.5. The van der Waals surface area contributed by atoms with Crippen molar-refractivity contribution in [3.05, 3.63) is 0 Å². The Morgan fingerprint density at radius 2 is 1.71 bits per heavy atom. The second kappa shape index (κ2) is 4.55. The van der Waals surface area contributed by atoms with E-state index in [2.05, 4.69) is 41.5 Å². The molecule has 2 nitrogen and oxygen atoms in total. The maximum Gasteiger partial charge on any atom is 0.0834 e. The Labute approximate surface area is 107 Å². The Bertz CT molecular complexity index is 272. The third kappa shape index (κ3) is 2.85. The second-order valence-electron chi connectivity index (χ2n) is 7.67. The first-order chi connectivity index (χ1) is 7.52. The SMILES string of the molecule is CC(C)CC(N)(C(C)C)C1(O)CCC(C)(C)C1. The molecule has 0 amide bonds. The average molecular weight is 241 g/mol. The van der Waals surface area contributed by atoms with Gasteiger partial charge in [0.15, 0.2) is 0 Å². The summed E-state index contributed by atoms with van der Waals surface area (Å²) in [5.74, 6) is 0.832. The summed E-state index contributed by atoms with van der Waals surface area (Å²) >= 11 is 0. The summed E-state index contributed by atoms with van der Waals surface area (Å²) in [6.07, 6.45) is 3.66. The second-order valence-corrected chi connectivity index (χ2v) is 7.67. The normalized spacial score (nSPS) is 32.1. The van der Waals surface area contributed by atoms with E-state index in [0.29, 0.717) is 11.8 Å². The van der Waals surface area contributed by atoms with Gasteiger partial charge in [-0.15, -0.1) is 0 Å². The first-order valence-corrected chi connectivity index (χ1v) is 7.04. The topological polar surface area (TPSA) is 46.2 Å². The molecule has 3 N–H and O–H groups in total. The van der Waals surface area contributed by atoms with Gasteiger partial charge in [-0.05, 0) is 42.9 Å². The molecule has 0 bridgehead atoms. The number of nitrogens with two attached hydrogens (primary N) is 1. The van der Waals surface area contributed by atoms with Crippen LogP contribution in [0.15, 0.2) is 0 Å². The van der Waals surface area contributed by atoms with E-state index >= 15 is 0 Å². The molecule has 1 saturated carbocycles. The van der Waals surface area contributed by atoms with E-state index < -0.39 is 11.1 Å². The number of hydrogen-bond donors (Lipinski definition) is 2. The van der Waals surface area contributed by atoms with Crippen LogP contribution in [0.5, 0.6) is 0 Å². The molecule has 0 radical (unpaired) electrons. The predicted octanol–water partition coefficient (Wildman–Crippen LogP) is 3.33. The molecule has 0 aromatic rings. The molecular formula is C15H31NO. The number of rotatable bonds is 4. The van der Waals surface area contributed by atoms with Gasteiger partial charge in [-0.25, -0.2) is 0 Å². The Kier molecular flexibility index (Phi) is 4.01. The molecule has 102 valence electrons. The summed E-state index contributed by atoms with van der Waals surface area (Å²) in [6.45, 7) is 13.1. The van der Waals surface area contributed by atoms with Crippen LogP contribution < -0.4 is 5.73 Å². The zero-order valence-corrected chi connectivity index (χ0v) is 12.5. The maximum absolute atomic E-state index is 11.0. The van der Waals surface area contributed by atoms with Crippen molar-refractivity contribution in [2.45, 2.75) is 78.4 Å². The lowest BCUT2D eigenvalue weighted by Crippen LogP contribution is -2.63. The first kappa shape index (κ1) is 15.0. The fourth-order valence-electron chi connectivity index (χ4n) is 3.55. The molecule has 0 aromatic carbocycles. The minimum Gasteiger partial charge on any atom is -0.388 e. The van der Waals surface area contributed by atoms with Crippen molar-refractivity contribution in [2.75, 3.05) is 0 Å². The van der Waals surface area contributed by atoms with Crippen molar-refractivity contribution in [1.29, 1.82) is 0 Å². The van der Waals surface area contributed by atoms with Crippen LogP contribution in [0.2, 0.25) is 0 Å². The van der Waals surface area contributed by atoms with Gasteiger partial charge in [-0.2, -0.15) is 0 Å². The molecular weight excluding hydrogens is 210 g/mol. The highest BCUT2D eigenvalue weighted by atomic mass is 16.3. The smallest absolute Gasteiger partial charge is 0.0834 e. The molecule has 0 heterocycles. The van der Waals surface area contributed by atoms with Crippen molar-refractivity contribution >= 4 is 0 Å². The van der Waals surface area contributed by atoms with Crippen LogP contribution in [0, 0.1) is 17.3 Å². The molecule has 1 fully saturated rings. The number of aliphatic hydroxyl groups is 1. The van der Waals surface area contributed by atoms with Crippen LogP contribution in [0.4, 0.5) is 0 Å². The van der Waals surface area contributed by atoms with E-state index in [-0.39, 0.29) is 5.41 Å². The lowest BCUT2D eigenvalue weighted by Gasteiger charge is -2.47. The molecule has 0 aromatic heterocycles. The highest BCUT2D eigenvalue weighted by Gasteiger charge is 2.55. The van der Waals surface area contributed by atoms with Gasteiger partial charge in [0, 0.05) is 5.54 Å². The molecule has 17 heavy (non-hydrogen) atoms. The summed E-state index contributed by atoms with van der Waals surface area (Å²) in [6, 6.07) is 0. The Morgan fingerprint density at radius 1 is 1.18 bits per heavy atom. The van der Waals surface area contributed by atoms with Gasteiger partial charge < -0.3 is 10.8 Å². The van der Waals surface area contributed by atoms with Crippen LogP contribution >= 0.6 is 0 Å². The minimum absolute atomic E-state index is 0.227. The standard InChI is InChI=1S/C15H31NO/c1-11(2)9-15(16,12(3)4)14(17)8-7-13(5,6)10-14/h11-12,17H,7-10,16H2,1-6H3. The summed E-state index contributed by atoms with van der Waals surface area (Å²) in [5.41, 5.74) is 5.74. The monoisotopic (exact) mass is 241 g/mol. The Hall–Kier alpha value is -0.0800. The van der Waals surface area contributed by atoms with E-state index in [4.69, 9.17) is 5.73 Å². The van der Waals surface area contributed by atoms with Gasteiger partial charge in [0.25, 0.3) is 0 Å². The van der Waals surface area contributed by atoms with Crippen molar-refractivity contribution in [3.63, 3.8) is 0 Å². The van der Waals surface area contributed by atoms with Crippen LogP contribution in [-0.4, -0.2) is 16.2 Å². The number of hydrogen-bond acceptors (Lipinski definition) is 2. The molecule has 0 aliphatic heterocycles. The van der Waals surface area contributed by atoms with Crippen molar-refractivity contribution in [3.8, 4) is 0 Å². The van der Waals surface area contributed by atoms with E-state index in [0.717, 1.165) is 25.7 Å². The van der Waals surface area contributed by atoms with E-state index in [1.807, 2.05) is 0 Å². The largest absolute Gasteiger partial charge is 0.388 e. The van der Waals surface area contributed by atoms with Crippen LogP contribution in [0.3, 0.4) is 0 Å². The lowest BCUT2D eigenvalue weighted by atomic mass is 9.66. The average Bonchev–Trinajstić information content (AvgIpc) is 2.40. The highest BCUT2D eigenvalue weighted by Crippen LogP contribution is 2.51. The third-order valence-corrected chi connectivity index (χ3v) is 4.63. The van der Waals surface area contributed by atoms with E-state index in [1.54, 1.807) is 0 Å². The van der Waals surface area contributed by atoms with Gasteiger partial charge in [-0.1, -0.05) is 41.5 Å². The van der Waals surface area contributed by atoms with Crippen molar-refractivity contribution in [1.82, 2.24) is 0 Å². The molecule has 1 aliphatic rings. The quantitative estimate of drug-likeness (QED) is 0.793. The molecule has 1 aliphatic carbocycles. The van der Waals surface area contributed by atoms with Crippen LogP contribution in [0.1, 0.15) is 67.2 Å². The molecule has 0 saturated heterocycles. The lowest BCUT2D eigenvalue weighted by molar-refractivity contribution is -0.0660. The highest BCUT2D eigenvalue weighted by molar-refractivity contribution is 5.11. The molecule has 2 unspecified atom stereocenters. The van der Waals surface area contributed by atoms with Gasteiger partial charge in [0.2, 0.25) is 0 Å². The summed E-state index contributed by atoms with van der Waals surface area (Å²) in [7, 11) is 0. The van der Waals surface area contributed by atoms with Gasteiger partial charge in [0.05, 0.1) is 5.60 Å². The van der Waals surface area contributed by atoms with Gasteiger partial charge in [-0.3, -0.25) is 0 Å². The molecule has 2 heteroatoms. The van der Waals surface area contributed by atoms with Gasteiger partial charge in [0.1, 0.15) is 0 Å². The molecule has 2 atom stereocenters. The predicted molar refractivity (Wildman–Crippen MR) is 73.8 cm³/mol. The summed E-state index contributed by atoms with van der Waals surface area (Å²) < 4.78 is 0. The fourth-order valence-corrected chi connectivity index (χ4v) is 3.55. The van der Waals surface area contributed by atoms with Gasteiger partial charge >= 0.3 is 0 Å². The minimum atomic E-state index is -0.686. The van der Waals surface area contributed by atoms with Crippen LogP contribution in [0.25, 0.3) is 0 Å². The molecule has 1 rings (SSSR count). The summed E-state index contributed by atoms with van der Waals surface area (Å²) in [4.78, 5) is 0.